The predicted octanol–water partition coefficient (Wildman–Crippen LogP) is 5.05. The molecule has 0 atom stereocenters. The molecule has 176 valence electrons. The molecule has 1 aliphatic rings. The van der Waals surface area contributed by atoms with Gasteiger partial charge in [0.2, 0.25) is 0 Å². The molecule has 4 rings (SSSR count). The monoisotopic (exact) mass is 469 g/mol. The lowest BCUT2D eigenvalue weighted by atomic mass is 9.99. The zero-order chi connectivity index (χ0) is 24.8. The summed E-state index contributed by atoms with van der Waals surface area (Å²) >= 11 is 0. The zero-order valence-corrected chi connectivity index (χ0v) is 19.1. The Morgan fingerprint density at radius 3 is 2.51 bits per heavy atom. The molecule has 3 aromatic carbocycles. The van der Waals surface area contributed by atoms with Crippen molar-refractivity contribution in [1.82, 2.24) is 0 Å². The third kappa shape index (κ3) is 5.30. The zero-order valence-electron chi connectivity index (χ0n) is 19.1. The highest BCUT2D eigenvalue weighted by Gasteiger charge is 2.27. The van der Waals surface area contributed by atoms with Crippen LogP contribution in [0.5, 0.6) is 11.5 Å². The highest BCUT2D eigenvalue weighted by molar-refractivity contribution is 6.31. The van der Waals surface area contributed by atoms with Gasteiger partial charge in [-0.2, -0.15) is 0 Å². The molecule has 0 saturated heterocycles. The molecule has 1 N–H and O–H groups in total. The lowest BCUT2D eigenvalue weighted by Crippen LogP contribution is -2.07. The second-order valence-electron chi connectivity index (χ2n) is 7.74. The topological polar surface area (TPSA) is 94.4 Å². The summed E-state index contributed by atoms with van der Waals surface area (Å²) < 4.78 is 11.7. The van der Waals surface area contributed by atoms with Crippen LogP contribution in [0.25, 0.3) is 6.08 Å². The Kier molecular flexibility index (Phi) is 7.07. The molecule has 1 heterocycles. The molecule has 7 nitrogen and oxygen atoms in total. The highest BCUT2D eigenvalue weighted by atomic mass is 16.7. The van der Waals surface area contributed by atoms with E-state index in [9.17, 15) is 9.59 Å². The summed E-state index contributed by atoms with van der Waals surface area (Å²) in [6.45, 7) is 4.05. The van der Waals surface area contributed by atoms with Gasteiger partial charge in [0.05, 0.1) is 18.2 Å². The van der Waals surface area contributed by atoms with E-state index < -0.39 is 11.9 Å². The van der Waals surface area contributed by atoms with Crippen molar-refractivity contribution in [3.05, 3.63) is 113 Å². The lowest BCUT2D eigenvalue weighted by molar-refractivity contribution is -0.136. The van der Waals surface area contributed by atoms with Crippen molar-refractivity contribution in [3.63, 3.8) is 0 Å². The van der Waals surface area contributed by atoms with Gasteiger partial charge in [-0.1, -0.05) is 53.7 Å². The van der Waals surface area contributed by atoms with E-state index in [1.54, 1.807) is 37.5 Å². The summed E-state index contributed by atoms with van der Waals surface area (Å²) in [5.74, 6) is -0.479. The minimum absolute atomic E-state index is 0.208. The Balaban J connectivity index is 1.65. The van der Waals surface area contributed by atoms with Gasteiger partial charge < -0.3 is 19.4 Å². The largest absolute Gasteiger partial charge is 0.493 e. The summed E-state index contributed by atoms with van der Waals surface area (Å²) in [4.78, 5) is 28.4. The van der Waals surface area contributed by atoms with Crippen molar-refractivity contribution in [1.29, 1.82) is 0 Å². The van der Waals surface area contributed by atoms with Crippen LogP contribution in [0.2, 0.25) is 0 Å². The summed E-state index contributed by atoms with van der Waals surface area (Å²) in [6.07, 6.45) is 3.97. The minimum atomic E-state index is -0.983. The third-order valence-electron chi connectivity index (χ3n) is 5.38. The van der Waals surface area contributed by atoms with Crippen molar-refractivity contribution in [3.8, 4) is 11.5 Å². The van der Waals surface area contributed by atoms with Crippen LogP contribution in [0.3, 0.4) is 0 Å². The van der Waals surface area contributed by atoms with Gasteiger partial charge in [0.1, 0.15) is 12.3 Å². The minimum Gasteiger partial charge on any atom is -0.493 e. The summed E-state index contributed by atoms with van der Waals surface area (Å²) in [7, 11) is 1.54. The molecule has 1 aliphatic heterocycles. The molecule has 0 aliphatic carbocycles. The number of rotatable bonds is 9. The van der Waals surface area contributed by atoms with Crippen LogP contribution in [0, 0.1) is 0 Å². The van der Waals surface area contributed by atoms with Crippen LogP contribution >= 0.6 is 0 Å². The van der Waals surface area contributed by atoms with Crippen LogP contribution in [0.15, 0.2) is 90.1 Å². The first-order chi connectivity index (χ1) is 17.0. The molecular weight excluding hydrogens is 446 g/mol. The fraction of sp³-hybridized carbons (Fsp3) is 0.107. The average Bonchev–Trinajstić information content (AvgIpc) is 3.23. The summed E-state index contributed by atoms with van der Waals surface area (Å²) in [6, 6.07) is 19.5. The Morgan fingerprint density at radius 2 is 1.86 bits per heavy atom. The number of carbonyl (C=O) groups is 2. The third-order valence-corrected chi connectivity index (χ3v) is 5.38. The van der Waals surface area contributed by atoms with Gasteiger partial charge in [0.15, 0.2) is 11.5 Å². The van der Waals surface area contributed by atoms with Crippen molar-refractivity contribution in [2.75, 3.05) is 7.11 Å². The van der Waals surface area contributed by atoms with E-state index in [1.807, 2.05) is 36.4 Å². The number of hydrogen-bond acceptors (Lipinski definition) is 6. The fourth-order valence-electron chi connectivity index (χ4n) is 3.67. The number of methoxy groups -OCH3 is 1. The maximum absolute atomic E-state index is 12.4. The number of aromatic carboxylic acids is 1. The van der Waals surface area contributed by atoms with E-state index in [0.717, 1.165) is 16.7 Å². The second kappa shape index (κ2) is 10.5. The molecular formula is C28H23NO6. The Bertz CT molecular complexity index is 1320. The number of nitrogens with zero attached hydrogens (tertiary/aromatic N) is 1. The van der Waals surface area contributed by atoms with E-state index in [4.69, 9.17) is 19.4 Å². The van der Waals surface area contributed by atoms with E-state index in [0.29, 0.717) is 34.8 Å². The second-order valence-corrected chi connectivity index (χ2v) is 7.74. The fourth-order valence-corrected chi connectivity index (χ4v) is 3.67. The molecule has 0 spiro atoms. The van der Waals surface area contributed by atoms with E-state index in [2.05, 4.69) is 11.7 Å². The molecule has 0 bridgehead atoms. The quantitative estimate of drug-likeness (QED) is 0.268. The number of benzene rings is 3. The normalized spacial score (nSPS) is 13.8. The first-order valence-corrected chi connectivity index (χ1v) is 10.8. The van der Waals surface area contributed by atoms with Crippen LogP contribution < -0.4 is 9.47 Å². The lowest BCUT2D eigenvalue weighted by Gasteiger charge is -2.16. The molecule has 3 aromatic rings. The van der Waals surface area contributed by atoms with Gasteiger partial charge in [-0.15, -0.1) is 6.58 Å². The van der Waals surface area contributed by atoms with Gasteiger partial charge in [-0.05, 0) is 47.9 Å². The van der Waals surface area contributed by atoms with E-state index >= 15 is 0 Å². The molecule has 0 saturated carbocycles. The summed E-state index contributed by atoms with van der Waals surface area (Å²) in [5, 5.41) is 13.0. The first kappa shape index (κ1) is 23.5. The van der Waals surface area contributed by atoms with Crippen molar-refractivity contribution < 1.29 is 29.0 Å². The van der Waals surface area contributed by atoms with Gasteiger partial charge in [0, 0.05) is 11.1 Å². The number of allylic oxidation sites excluding steroid dienone is 1. The molecule has 7 heteroatoms. The van der Waals surface area contributed by atoms with Crippen molar-refractivity contribution >= 4 is 23.7 Å². The number of oxime groups is 1. The molecule has 0 aromatic heterocycles. The molecule has 35 heavy (non-hydrogen) atoms. The summed E-state index contributed by atoms with van der Waals surface area (Å²) in [5.41, 5.74) is 4.13. The van der Waals surface area contributed by atoms with E-state index in [-0.39, 0.29) is 12.2 Å². The molecule has 0 fully saturated rings. The van der Waals surface area contributed by atoms with Crippen LogP contribution in [-0.2, 0) is 22.7 Å². The van der Waals surface area contributed by atoms with Gasteiger partial charge >= 0.3 is 11.9 Å². The number of ether oxygens (including phenoxy) is 2. The van der Waals surface area contributed by atoms with Crippen LogP contribution in [-0.4, -0.2) is 29.9 Å². The smallest absolute Gasteiger partial charge is 0.368 e. The van der Waals surface area contributed by atoms with Crippen molar-refractivity contribution in [2.45, 2.75) is 13.0 Å². The molecule has 0 radical (unpaired) electrons. The average molecular weight is 469 g/mol. The maximum atomic E-state index is 12.4. The first-order valence-electron chi connectivity index (χ1n) is 10.8. The SMILES string of the molecule is C=CCc1cc(/C=C2\C(=O)ON=C2c2ccccc2)cc(OC)c1OCc1ccc(C(=O)O)cc1. The van der Waals surface area contributed by atoms with Crippen LogP contribution in [0.1, 0.15) is 32.6 Å². The molecule has 0 amide bonds. The van der Waals surface area contributed by atoms with E-state index in [1.165, 1.54) is 12.1 Å². The highest BCUT2D eigenvalue weighted by Crippen LogP contribution is 2.35. The Labute approximate surface area is 202 Å². The number of hydrogen-bond donors (Lipinski definition) is 1. The van der Waals surface area contributed by atoms with Gasteiger partial charge in [-0.3, -0.25) is 0 Å². The van der Waals surface area contributed by atoms with Crippen molar-refractivity contribution in [2.24, 2.45) is 5.16 Å². The Morgan fingerprint density at radius 1 is 1.11 bits per heavy atom. The predicted molar refractivity (Wildman–Crippen MR) is 132 cm³/mol. The molecule has 0 unspecified atom stereocenters. The van der Waals surface area contributed by atoms with Gasteiger partial charge in [-0.25, -0.2) is 9.59 Å². The maximum Gasteiger partial charge on any atom is 0.368 e. The standard InChI is InChI=1S/C28H23NO6/c1-3-7-22-14-19(15-23-25(29-35-28(23)32)20-8-5-4-6-9-20)16-24(33-2)26(22)34-17-18-10-12-21(13-11-18)27(30)31/h3-6,8-16H,1,7,17H2,2H3,(H,30,31)/b23-15-. The number of carboxylic acids is 1. The number of carbonyl (C=O) groups excluding carboxylic acids is 1. The van der Waals surface area contributed by atoms with Crippen LogP contribution in [0.4, 0.5) is 0 Å². The van der Waals surface area contributed by atoms with Gasteiger partial charge in [0.25, 0.3) is 0 Å². The number of carboxylic acid groups (broad SMARTS) is 1. The Hall–Kier alpha value is -4.65.